The van der Waals surface area contributed by atoms with Crippen LogP contribution < -0.4 is 5.69 Å². The van der Waals surface area contributed by atoms with Gasteiger partial charge in [0.25, 0.3) is 0 Å². The molecule has 5 nitrogen and oxygen atoms in total. The number of fused-ring (bicyclic) bond motifs is 3. The standard InChI is InChI=1S/C15H10F2N4O/c16-9-2-1-8(11(17)5-9)7-21-13-10-3-4-18-14(10)19-6-12(13)20-15(21)22/h1-6H,7H2,(H,18,19)(H,20,22). The molecule has 0 saturated carbocycles. The third-order valence-corrected chi connectivity index (χ3v) is 3.66. The highest BCUT2D eigenvalue weighted by Crippen LogP contribution is 2.21. The molecule has 0 amide bonds. The van der Waals surface area contributed by atoms with Crippen molar-refractivity contribution in [1.29, 1.82) is 0 Å². The van der Waals surface area contributed by atoms with E-state index in [4.69, 9.17) is 0 Å². The Kier molecular flexibility index (Phi) is 2.62. The molecule has 7 heteroatoms. The average Bonchev–Trinajstić information content (AvgIpc) is 3.06. The quantitative estimate of drug-likeness (QED) is 0.597. The van der Waals surface area contributed by atoms with E-state index < -0.39 is 11.6 Å². The smallest absolute Gasteiger partial charge is 0.326 e. The summed E-state index contributed by atoms with van der Waals surface area (Å²) in [6, 6.07) is 5.12. The second-order valence-electron chi connectivity index (χ2n) is 5.01. The maximum atomic E-state index is 13.8. The van der Waals surface area contributed by atoms with E-state index in [-0.39, 0.29) is 17.8 Å². The molecule has 2 N–H and O–H groups in total. The number of nitrogens with one attached hydrogen (secondary N) is 2. The van der Waals surface area contributed by atoms with Crippen molar-refractivity contribution in [2.24, 2.45) is 0 Å². The number of nitrogens with zero attached hydrogens (tertiary/aromatic N) is 2. The first-order valence-electron chi connectivity index (χ1n) is 6.62. The lowest BCUT2D eigenvalue weighted by Gasteiger charge is -2.06. The highest BCUT2D eigenvalue weighted by molar-refractivity contribution is 6.00. The van der Waals surface area contributed by atoms with Gasteiger partial charge in [-0.15, -0.1) is 0 Å². The summed E-state index contributed by atoms with van der Waals surface area (Å²) in [6.07, 6.45) is 3.27. The number of benzene rings is 1. The minimum Gasteiger partial charge on any atom is -0.346 e. The fraction of sp³-hybridized carbons (Fsp3) is 0.0667. The number of hydrogen-bond acceptors (Lipinski definition) is 2. The third kappa shape index (κ3) is 1.82. The molecule has 3 heterocycles. The van der Waals surface area contributed by atoms with Gasteiger partial charge in [-0.2, -0.15) is 0 Å². The van der Waals surface area contributed by atoms with Gasteiger partial charge in [-0.05, 0) is 12.1 Å². The van der Waals surface area contributed by atoms with Gasteiger partial charge < -0.3 is 9.97 Å². The van der Waals surface area contributed by atoms with E-state index in [1.807, 2.05) is 0 Å². The fourth-order valence-corrected chi connectivity index (χ4v) is 2.63. The lowest BCUT2D eigenvalue weighted by Crippen LogP contribution is -2.18. The van der Waals surface area contributed by atoms with E-state index in [9.17, 15) is 13.6 Å². The maximum absolute atomic E-state index is 13.8. The van der Waals surface area contributed by atoms with E-state index in [1.54, 1.807) is 18.5 Å². The molecule has 110 valence electrons. The monoisotopic (exact) mass is 300 g/mol. The van der Waals surface area contributed by atoms with Gasteiger partial charge in [-0.3, -0.25) is 4.57 Å². The molecule has 4 rings (SSSR count). The summed E-state index contributed by atoms with van der Waals surface area (Å²) >= 11 is 0. The van der Waals surface area contributed by atoms with Gasteiger partial charge in [-0.1, -0.05) is 6.07 Å². The first-order chi connectivity index (χ1) is 10.6. The number of imidazole rings is 1. The number of rotatable bonds is 2. The van der Waals surface area contributed by atoms with Crippen molar-refractivity contribution in [2.45, 2.75) is 6.54 Å². The summed E-state index contributed by atoms with van der Waals surface area (Å²) in [5.74, 6) is -1.33. The summed E-state index contributed by atoms with van der Waals surface area (Å²) in [6.45, 7) is 0.00917. The Hall–Kier alpha value is -2.96. The molecular weight excluding hydrogens is 290 g/mol. The number of hydrogen-bond donors (Lipinski definition) is 2. The van der Waals surface area contributed by atoms with E-state index in [0.717, 1.165) is 11.5 Å². The van der Waals surface area contributed by atoms with Crippen LogP contribution in [0.5, 0.6) is 0 Å². The molecule has 0 saturated heterocycles. The molecule has 0 unspecified atom stereocenters. The van der Waals surface area contributed by atoms with Crippen molar-refractivity contribution in [3.05, 3.63) is 64.3 Å². The van der Waals surface area contributed by atoms with Crippen LogP contribution >= 0.6 is 0 Å². The average molecular weight is 300 g/mol. The Morgan fingerprint density at radius 3 is 2.91 bits per heavy atom. The SMILES string of the molecule is O=c1[nH]c2cnc3[nH]ccc3c2n1Cc1ccc(F)cc1F. The van der Waals surface area contributed by atoms with Crippen LogP contribution in [0.15, 0.2) is 41.5 Å². The van der Waals surface area contributed by atoms with Gasteiger partial charge in [-0.25, -0.2) is 18.6 Å². The van der Waals surface area contributed by atoms with Crippen LogP contribution in [-0.2, 0) is 6.54 Å². The summed E-state index contributed by atoms with van der Waals surface area (Å²) in [7, 11) is 0. The second kappa shape index (κ2) is 4.52. The molecule has 0 aliphatic heterocycles. The molecular formula is C15H10F2N4O. The van der Waals surface area contributed by atoms with Crippen LogP contribution in [0.3, 0.4) is 0 Å². The van der Waals surface area contributed by atoms with Gasteiger partial charge in [0.15, 0.2) is 0 Å². The zero-order chi connectivity index (χ0) is 15.3. The second-order valence-corrected chi connectivity index (χ2v) is 5.01. The van der Waals surface area contributed by atoms with Gasteiger partial charge >= 0.3 is 5.69 Å². The molecule has 0 bridgehead atoms. The number of pyridine rings is 1. The minimum atomic E-state index is -0.680. The van der Waals surface area contributed by atoms with Crippen LogP contribution in [0.4, 0.5) is 8.78 Å². The van der Waals surface area contributed by atoms with Crippen molar-refractivity contribution in [3.63, 3.8) is 0 Å². The fourth-order valence-electron chi connectivity index (χ4n) is 2.63. The summed E-state index contributed by atoms with van der Waals surface area (Å²) in [4.78, 5) is 22.0. The zero-order valence-corrected chi connectivity index (χ0v) is 11.2. The Morgan fingerprint density at radius 1 is 1.23 bits per heavy atom. The predicted molar refractivity (Wildman–Crippen MR) is 77.7 cm³/mol. The van der Waals surface area contributed by atoms with Gasteiger partial charge in [0.1, 0.15) is 17.3 Å². The van der Waals surface area contributed by atoms with Crippen molar-refractivity contribution < 1.29 is 8.78 Å². The first-order valence-corrected chi connectivity index (χ1v) is 6.62. The Morgan fingerprint density at radius 2 is 2.09 bits per heavy atom. The lowest BCUT2D eigenvalue weighted by atomic mass is 10.2. The predicted octanol–water partition coefficient (Wildman–Crippen LogP) is 2.53. The van der Waals surface area contributed by atoms with Gasteiger partial charge in [0.2, 0.25) is 0 Å². The van der Waals surface area contributed by atoms with Crippen molar-refractivity contribution in [3.8, 4) is 0 Å². The molecule has 0 atom stereocenters. The summed E-state index contributed by atoms with van der Waals surface area (Å²) in [5, 5.41) is 0.762. The number of halogens is 2. The highest BCUT2D eigenvalue weighted by Gasteiger charge is 2.14. The van der Waals surface area contributed by atoms with E-state index in [2.05, 4.69) is 15.0 Å². The number of aromatic nitrogens is 4. The lowest BCUT2D eigenvalue weighted by molar-refractivity contribution is 0.566. The van der Waals surface area contributed by atoms with Crippen LogP contribution in [0.25, 0.3) is 22.1 Å². The highest BCUT2D eigenvalue weighted by atomic mass is 19.1. The molecule has 1 aromatic carbocycles. The van der Waals surface area contributed by atoms with Crippen LogP contribution in [0.1, 0.15) is 5.56 Å². The summed E-state index contributed by atoms with van der Waals surface area (Å²) < 4.78 is 28.3. The summed E-state index contributed by atoms with van der Waals surface area (Å²) in [5.41, 5.74) is 1.72. The van der Waals surface area contributed by atoms with Crippen molar-refractivity contribution in [1.82, 2.24) is 19.5 Å². The molecule has 3 aromatic heterocycles. The van der Waals surface area contributed by atoms with Crippen molar-refractivity contribution >= 4 is 22.1 Å². The minimum absolute atomic E-state index is 0.00917. The maximum Gasteiger partial charge on any atom is 0.326 e. The largest absolute Gasteiger partial charge is 0.346 e. The molecule has 0 radical (unpaired) electrons. The van der Waals surface area contributed by atoms with Crippen LogP contribution in [-0.4, -0.2) is 19.5 Å². The number of H-pyrrole nitrogens is 2. The van der Waals surface area contributed by atoms with Crippen molar-refractivity contribution in [2.75, 3.05) is 0 Å². The molecule has 0 aliphatic carbocycles. The molecule has 4 aromatic rings. The van der Waals surface area contributed by atoms with Gasteiger partial charge in [0, 0.05) is 23.2 Å². The van der Waals surface area contributed by atoms with E-state index in [1.165, 1.54) is 16.7 Å². The zero-order valence-electron chi connectivity index (χ0n) is 11.2. The molecule has 0 aliphatic rings. The first kappa shape index (κ1) is 12.8. The van der Waals surface area contributed by atoms with Crippen LogP contribution in [0, 0.1) is 11.6 Å². The van der Waals surface area contributed by atoms with Crippen LogP contribution in [0.2, 0.25) is 0 Å². The Bertz CT molecular complexity index is 1060. The topological polar surface area (TPSA) is 66.5 Å². The Labute approximate surface area is 122 Å². The van der Waals surface area contributed by atoms with E-state index >= 15 is 0 Å². The number of aromatic amines is 2. The normalized spacial score (nSPS) is 11.5. The molecule has 0 fully saturated rings. The molecule has 0 spiro atoms. The van der Waals surface area contributed by atoms with E-state index in [0.29, 0.717) is 16.7 Å². The van der Waals surface area contributed by atoms with Gasteiger partial charge in [0.05, 0.1) is 23.8 Å². The molecule has 22 heavy (non-hydrogen) atoms. The third-order valence-electron chi connectivity index (χ3n) is 3.66. The Balaban J connectivity index is 1.96.